The summed E-state index contributed by atoms with van der Waals surface area (Å²) < 4.78 is 11.5. The number of phenolic OH excluding ortho intramolecular Hbond substituents is 1. The molecule has 0 spiro atoms. The first-order valence-corrected chi connectivity index (χ1v) is 9.03. The van der Waals surface area contributed by atoms with Crippen molar-refractivity contribution in [1.29, 1.82) is 0 Å². The summed E-state index contributed by atoms with van der Waals surface area (Å²) in [4.78, 5) is 14.8. The summed E-state index contributed by atoms with van der Waals surface area (Å²) in [7, 11) is 0. The molecule has 1 fully saturated rings. The Balaban J connectivity index is 1.71. The van der Waals surface area contributed by atoms with Gasteiger partial charge in [0.2, 0.25) is 0 Å². The number of fused-ring (bicyclic) bond motifs is 5. The van der Waals surface area contributed by atoms with Crippen molar-refractivity contribution < 1.29 is 13.9 Å². The number of aromatic hydroxyl groups is 1. The first-order chi connectivity index (χ1) is 12.7. The van der Waals surface area contributed by atoms with E-state index in [-0.39, 0.29) is 5.75 Å². The molecule has 5 nitrogen and oxygen atoms in total. The van der Waals surface area contributed by atoms with Crippen LogP contribution in [-0.4, -0.2) is 23.1 Å². The van der Waals surface area contributed by atoms with E-state index in [0.29, 0.717) is 34.1 Å². The molecule has 1 N–H and O–H groups in total. The Morgan fingerprint density at radius 2 is 1.77 bits per heavy atom. The summed E-state index contributed by atoms with van der Waals surface area (Å²) in [5, 5.41) is 12.3. The molecule has 1 aliphatic rings. The lowest BCUT2D eigenvalue weighted by molar-refractivity contribution is 0.218. The monoisotopic (exact) mass is 349 g/mol. The van der Waals surface area contributed by atoms with Crippen LogP contribution in [0.4, 0.5) is 0 Å². The number of hydrogen-bond donors (Lipinski definition) is 1. The molecule has 0 unspecified atom stereocenters. The maximum Gasteiger partial charge on any atom is 0.348 e. The van der Waals surface area contributed by atoms with E-state index in [1.807, 2.05) is 24.3 Å². The van der Waals surface area contributed by atoms with Crippen molar-refractivity contribution in [3.05, 3.63) is 52.4 Å². The van der Waals surface area contributed by atoms with Crippen LogP contribution in [0.2, 0.25) is 0 Å². The van der Waals surface area contributed by atoms with Gasteiger partial charge in [-0.2, -0.15) is 0 Å². The molecule has 0 atom stereocenters. The van der Waals surface area contributed by atoms with Crippen molar-refractivity contribution in [3.8, 4) is 5.75 Å². The highest BCUT2D eigenvalue weighted by atomic mass is 16.4. The zero-order valence-corrected chi connectivity index (χ0v) is 14.3. The van der Waals surface area contributed by atoms with Gasteiger partial charge in [0.25, 0.3) is 0 Å². The molecule has 4 aromatic rings. The normalized spacial score (nSPS) is 16.0. The molecule has 0 bridgehead atoms. The quantitative estimate of drug-likeness (QED) is 0.544. The molecule has 5 rings (SSSR count). The van der Waals surface area contributed by atoms with Gasteiger partial charge in [0.1, 0.15) is 22.3 Å². The second kappa shape index (κ2) is 5.88. The smallest absolute Gasteiger partial charge is 0.348 e. The third-order valence-corrected chi connectivity index (χ3v) is 5.27. The van der Waals surface area contributed by atoms with Crippen LogP contribution in [0.3, 0.4) is 0 Å². The Hall–Kier alpha value is -2.79. The molecule has 132 valence electrons. The average molecular weight is 349 g/mol. The minimum absolute atomic E-state index is 0.193. The van der Waals surface area contributed by atoms with Crippen molar-refractivity contribution >= 4 is 32.9 Å². The average Bonchev–Trinajstić information content (AvgIpc) is 3.02. The lowest BCUT2D eigenvalue weighted by Crippen LogP contribution is -2.29. The second-order valence-electron chi connectivity index (χ2n) is 7.01. The highest BCUT2D eigenvalue weighted by Crippen LogP contribution is 2.35. The molecular weight excluding hydrogens is 330 g/mol. The number of hydrogen-bond acceptors (Lipinski definition) is 5. The zero-order chi connectivity index (χ0) is 17.7. The molecule has 3 heterocycles. The van der Waals surface area contributed by atoms with Crippen LogP contribution >= 0.6 is 0 Å². The summed E-state index contributed by atoms with van der Waals surface area (Å²) in [5.41, 5.74) is 2.00. The van der Waals surface area contributed by atoms with Gasteiger partial charge < -0.3 is 13.9 Å². The van der Waals surface area contributed by atoms with Gasteiger partial charge >= 0.3 is 5.63 Å². The Labute approximate surface area is 149 Å². The first kappa shape index (κ1) is 15.5. The van der Waals surface area contributed by atoms with Gasteiger partial charge in [0, 0.05) is 17.5 Å². The third-order valence-electron chi connectivity index (χ3n) is 5.27. The van der Waals surface area contributed by atoms with Crippen molar-refractivity contribution in [1.82, 2.24) is 4.90 Å². The molecule has 0 amide bonds. The molecule has 0 radical (unpaired) electrons. The van der Waals surface area contributed by atoms with Gasteiger partial charge in [0.15, 0.2) is 5.58 Å². The number of phenols is 1. The van der Waals surface area contributed by atoms with Gasteiger partial charge in [-0.3, -0.25) is 4.90 Å². The van der Waals surface area contributed by atoms with E-state index < -0.39 is 5.63 Å². The van der Waals surface area contributed by atoms with E-state index >= 15 is 0 Å². The van der Waals surface area contributed by atoms with Crippen LogP contribution in [0, 0.1) is 0 Å². The summed E-state index contributed by atoms with van der Waals surface area (Å²) in [6.07, 6.45) is 3.66. The molecule has 0 saturated carbocycles. The number of nitrogens with zero attached hydrogens (tertiary/aromatic N) is 1. The van der Waals surface area contributed by atoms with E-state index in [4.69, 9.17) is 8.83 Å². The highest BCUT2D eigenvalue weighted by Gasteiger charge is 2.19. The summed E-state index contributed by atoms with van der Waals surface area (Å²) >= 11 is 0. The lowest BCUT2D eigenvalue weighted by Gasteiger charge is -2.26. The highest BCUT2D eigenvalue weighted by molar-refractivity contribution is 6.13. The fourth-order valence-corrected chi connectivity index (χ4v) is 3.95. The van der Waals surface area contributed by atoms with Gasteiger partial charge in [-0.1, -0.05) is 18.6 Å². The van der Waals surface area contributed by atoms with Crippen molar-refractivity contribution in [2.45, 2.75) is 25.8 Å². The Bertz CT molecular complexity index is 1180. The zero-order valence-electron chi connectivity index (χ0n) is 14.3. The van der Waals surface area contributed by atoms with Crippen LogP contribution in [0.5, 0.6) is 5.75 Å². The third kappa shape index (κ3) is 2.39. The topological polar surface area (TPSA) is 66.8 Å². The molecule has 1 saturated heterocycles. The maximum absolute atomic E-state index is 12.5. The number of piperidine rings is 1. The maximum atomic E-state index is 12.5. The molecule has 2 aromatic carbocycles. The number of likely N-dealkylation sites (tertiary alicyclic amines) is 1. The summed E-state index contributed by atoms with van der Waals surface area (Å²) in [6, 6.07) is 10.8. The van der Waals surface area contributed by atoms with Gasteiger partial charge in [-0.05, 0) is 50.2 Å². The number of rotatable bonds is 2. The Kier molecular flexibility index (Phi) is 3.50. The summed E-state index contributed by atoms with van der Waals surface area (Å²) in [5.74, 6) is 0.193. The van der Waals surface area contributed by atoms with Gasteiger partial charge in [-0.15, -0.1) is 0 Å². The molecule has 0 aliphatic carbocycles. The van der Waals surface area contributed by atoms with Crippen LogP contribution in [-0.2, 0) is 6.54 Å². The van der Waals surface area contributed by atoms with Crippen LogP contribution in [0.25, 0.3) is 32.9 Å². The van der Waals surface area contributed by atoms with Crippen molar-refractivity contribution in [2.75, 3.05) is 13.1 Å². The van der Waals surface area contributed by atoms with Crippen LogP contribution in [0.15, 0.2) is 50.0 Å². The second-order valence-corrected chi connectivity index (χ2v) is 7.01. The molecule has 2 aromatic heterocycles. The number of furan rings is 1. The summed E-state index contributed by atoms with van der Waals surface area (Å²) in [6.45, 7) is 2.78. The van der Waals surface area contributed by atoms with E-state index in [0.717, 1.165) is 24.0 Å². The van der Waals surface area contributed by atoms with Crippen LogP contribution < -0.4 is 5.63 Å². The predicted octanol–water partition coefficient (Wildman–Crippen LogP) is 4.38. The SMILES string of the molecule is O=c1oc2ccccc2c2oc3cc(CN4CCCCC4)c(O)cc3c12. The largest absolute Gasteiger partial charge is 0.508 e. The van der Waals surface area contributed by atoms with E-state index in [9.17, 15) is 9.90 Å². The molecule has 26 heavy (non-hydrogen) atoms. The van der Waals surface area contributed by atoms with E-state index in [1.165, 1.54) is 19.3 Å². The first-order valence-electron chi connectivity index (χ1n) is 9.03. The van der Waals surface area contributed by atoms with E-state index in [2.05, 4.69) is 4.90 Å². The van der Waals surface area contributed by atoms with Gasteiger partial charge in [0.05, 0.1) is 5.39 Å². The minimum Gasteiger partial charge on any atom is -0.508 e. The number of benzene rings is 2. The standard InChI is InChI=1S/C21H19NO4/c23-16-11-15-18(10-13(16)12-22-8-4-1-5-9-22)25-20-14-6-2-3-7-17(14)26-21(24)19(15)20/h2-3,6-7,10-11,23H,1,4-5,8-9,12H2. The minimum atomic E-state index is -0.444. The Morgan fingerprint density at radius 1 is 0.962 bits per heavy atom. The van der Waals surface area contributed by atoms with Crippen molar-refractivity contribution in [2.24, 2.45) is 0 Å². The molecule has 5 heteroatoms. The Morgan fingerprint density at radius 3 is 2.62 bits per heavy atom. The fraction of sp³-hybridized carbons (Fsp3) is 0.286. The van der Waals surface area contributed by atoms with E-state index in [1.54, 1.807) is 12.1 Å². The van der Waals surface area contributed by atoms with Crippen molar-refractivity contribution in [3.63, 3.8) is 0 Å². The molecule has 1 aliphatic heterocycles. The molecular formula is C21H19NO4. The van der Waals surface area contributed by atoms with Gasteiger partial charge in [-0.25, -0.2) is 4.79 Å². The fourth-order valence-electron chi connectivity index (χ4n) is 3.95. The number of para-hydroxylation sites is 1. The lowest BCUT2D eigenvalue weighted by atomic mass is 10.1. The van der Waals surface area contributed by atoms with Crippen LogP contribution in [0.1, 0.15) is 24.8 Å². The predicted molar refractivity (Wildman–Crippen MR) is 101 cm³/mol.